The smallest absolute Gasteiger partial charge is 0.309 e. The predicted octanol–water partition coefficient (Wildman–Crippen LogP) is 3.85. The number of nitro benzene ring substituents is 1. The van der Waals surface area contributed by atoms with Crippen LogP contribution in [0.2, 0.25) is 0 Å². The van der Waals surface area contributed by atoms with Crippen molar-refractivity contribution in [1.82, 2.24) is 0 Å². The van der Waals surface area contributed by atoms with E-state index in [1.54, 1.807) is 12.1 Å². The minimum Gasteiger partial charge on any atom is -0.377 e. The maximum atomic E-state index is 11.2. The van der Waals surface area contributed by atoms with E-state index < -0.39 is 4.92 Å². The first-order chi connectivity index (χ1) is 9.43. The van der Waals surface area contributed by atoms with Gasteiger partial charge in [-0.05, 0) is 43.2 Å². The van der Waals surface area contributed by atoms with E-state index in [9.17, 15) is 10.1 Å². The summed E-state index contributed by atoms with van der Waals surface area (Å²) in [6.45, 7) is 4.50. The average Bonchev–Trinajstić information content (AvgIpc) is 2.40. The van der Waals surface area contributed by atoms with E-state index in [4.69, 9.17) is 5.26 Å². The SMILES string of the molecule is CC1(C)CCC(Nc2cccc(C#N)c2[N+](=O)[O-])CC1. The third-order valence-electron chi connectivity index (χ3n) is 4.04. The molecule has 0 unspecified atom stereocenters. The van der Waals surface area contributed by atoms with E-state index in [1.807, 2.05) is 6.07 Å². The van der Waals surface area contributed by atoms with E-state index in [0.717, 1.165) is 25.7 Å². The Hall–Kier alpha value is -2.09. The van der Waals surface area contributed by atoms with E-state index in [2.05, 4.69) is 19.2 Å². The highest BCUT2D eigenvalue weighted by molar-refractivity contribution is 5.68. The molecule has 0 aliphatic heterocycles. The van der Waals surface area contributed by atoms with E-state index >= 15 is 0 Å². The van der Waals surface area contributed by atoms with Gasteiger partial charge in [-0.25, -0.2) is 0 Å². The van der Waals surface area contributed by atoms with Crippen LogP contribution < -0.4 is 5.32 Å². The van der Waals surface area contributed by atoms with Crippen LogP contribution in [0.4, 0.5) is 11.4 Å². The Kier molecular flexibility index (Phi) is 3.93. The van der Waals surface area contributed by atoms with Gasteiger partial charge in [-0.3, -0.25) is 10.1 Å². The molecule has 0 radical (unpaired) electrons. The first kappa shape index (κ1) is 14.3. The lowest BCUT2D eigenvalue weighted by Crippen LogP contribution is -2.30. The number of anilines is 1. The Morgan fingerprint density at radius 2 is 2.05 bits per heavy atom. The van der Waals surface area contributed by atoms with Gasteiger partial charge in [-0.2, -0.15) is 5.26 Å². The molecule has 0 heterocycles. The summed E-state index contributed by atoms with van der Waals surface area (Å²) in [5, 5.41) is 23.4. The van der Waals surface area contributed by atoms with E-state index in [1.165, 1.54) is 6.07 Å². The van der Waals surface area contributed by atoms with Crippen LogP contribution >= 0.6 is 0 Å². The lowest BCUT2D eigenvalue weighted by molar-refractivity contribution is -0.384. The zero-order chi connectivity index (χ0) is 14.8. The summed E-state index contributed by atoms with van der Waals surface area (Å²) in [4.78, 5) is 10.7. The maximum absolute atomic E-state index is 11.2. The molecule has 1 aliphatic carbocycles. The molecule has 5 nitrogen and oxygen atoms in total. The monoisotopic (exact) mass is 273 g/mol. The lowest BCUT2D eigenvalue weighted by Gasteiger charge is -2.35. The zero-order valence-electron chi connectivity index (χ0n) is 11.8. The maximum Gasteiger partial charge on any atom is 0.309 e. The van der Waals surface area contributed by atoms with Gasteiger partial charge in [0.2, 0.25) is 0 Å². The summed E-state index contributed by atoms with van der Waals surface area (Å²) in [7, 11) is 0. The highest BCUT2D eigenvalue weighted by Gasteiger charge is 2.28. The van der Waals surface area contributed by atoms with Crippen molar-refractivity contribution in [2.75, 3.05) is 5.32 Å². The number of nitriles is 1. The van der Waals surface area contributed by atoms with Crippen LogP contribution in [0.25, 0.3) is 0 Å². The summed E-state index contributed by atoms with van der Waals surface area (Å²) in [5.41, 5.74) is 0.813. The molecule has 1 aliphatic rings. The van der Waals surface area contributed by atoms with Gasteiger partial charge in [-0.1, -0.05) is 19.9 Å². The molecule has 0 amide bonds. The van der Waals surface area contributed by atoms with Crippen molar-refractivity contribution in [1.29, 1.82) is 5.26 Å². The number of hydrogen-bond donors (Lipinski definition) is 1. The van der Waals surface area contributed by atoms with Crippen LogP contribution in [0.3, 0.4) is 0 Å². The van der Waals surface area contributed by atoms with Crippen molar-refractivity contribution < 1.29 is 4.92 Å². The molecule has 1 fully saturated rings. The molecule has 0 atom stereocenters. The average molecular weight is 273 g/mol. The molecule has 106 valence electrons. The van der Waals surface area contributed by atoms with Gasteiger partial charge in [0.1, 0.15) is 17.3 Å². The molecule has 0 bridgehead atoms. The van der Waals surface area contributed by atoms with Gasteiger partial charge >= 0.3 is 5.69 Å². The number of nitrogens with one attached hydrogen (secondary N) is 1. The van der Waals surface area contributed by atoms with Crippen LogP contribution in [0.5, 0.6) is 0 Å². The summed E-state index contributed by atoms with van der Waals surface area (Å²) in [5.74, 6) is 0. The Morgan fingerprint density at radius 1 is 1.40 bits per heavy atom. The van der Waals surface area contributed by atoms with E-state index in [-0.39, 0.29) is 17.3 Å². The Balaban J connectivity index is 2.18. The van der Waals surface area contributed by atoms with Crippen LogP contribution in [0.15, 0.2) is 18.2 Å². The molecule has 20 heavy (non-hydrogen) atoms. The van der Waals surface area contributed by atoms with Gasteiger partial charge in [0.15, 0.2) is 0 Å². The second-order valence-corrected chi connectivity index (χ2v) is 6.15. The molecule has 0 spiro atoms. The summed E-state index contributed by atoms with van der Waals surface area (Å²) < 4.78 is 0. The zero-order valence-corrected chi connectivity index (χ0v) is 11.8. The van der Waals surface area contributed by atoms with Crippen molar-refractivity contribution in [3.63, 3.8) is 0 Å². The molecule has 0 aromatic heterocycles. The van der Waals surface area contributed by atoms with Gasteiger partial charge < -0.3 is 5.32 Å². The fourth-order valence-corrected chi connectivity index (χ4v) is 2.71. The second kappa shape index (κ2) is 5.49. The summed E-state index contributed by atoms with van der Waals surface area (Å²) in [6.07, 6.45) is 4.22. The van der Waals surface area contributed by atoms with Crippen molar-refractivity contribution in [2.24, 2.45) is 5.41 Å². The van der Waals surface area contributed by atoms with Crippen molar-refractivity contribution >= 4 is 11.4 Å². The molecule has 0 saturated heterocycles. The van der Waals surface area contributed by atoms with Gasteiger partial charge in [-0.15, -0.1) is 0 Å². The Bertz CT molecular complexity index is 551. The molecule has 1 saturated carbocycles. The van der Waals surface area contributed by atoms with Gasteiger partial charge in [0.05, 0.1) is 4.92 Å². The van der Waals surface area contributed by atoms with Crippen LogP contribution in [0, 0.1) is 26.9 Å². The number of para-hydroxylation sites is 1. The van der Waals surface area contributed by atoms with Crippen molar-refractivity contribution in [3.05, 3.63) is 33.9 Å². The number of nitro groups is 1. The largest absolute Gasteiger partial charge is 0.377 e. The number of nitrogens with zero attached hydrogens (tertiary/aromatic N) is 2. The summed E-state index contributed by atoms with van der Waals surface area (Å²) in [6, 6.07) is 6.97. The quantitative estimate of drug-likeness (QED) is 0.670. The number of benzene rings is 1. The first-order valence-corrected chi connectivity index (χ1v) is 6.87. The molecular weight excluding hydrogens is 254 g/mol. The fraction of sp³-hybridized carbons (Fsp3) is 0.533. The third-order valence-corrected chi connectivity index (χ3v) is 4.04. The molecule has 1 aromatic rings. The highest BCUT2D eigenvalue weighted by Crippen LogP contribution is 2.37. The fourth-order valence-electron chi connectivity index (χ4n) is 2.71. The standard InChI is InChI=1S/C15H19N3O2/c1-15(2)8-6-12(7-9-15)17-13-5-3-4-11(10-16)14(13)18(19)20/h3-5,12,17H,6-9H2,1-2H3. The molecular formula is C15H19N3O2. The van der Waals surface area contributed by atoms with Crippen molar-refractivity contribution in [2.45, 2.75) is 45.6 Å². The highest BCUT2D eigenvalue weighted by atomic mass is 16.6. The van der Waals surface area contributed by atoms with Gasteiger partial charge in [0, 0.05) is 6.04 Å². The van der Waals surface area contributed by atoms with Crippen LogP contribution in [-0.2, 0) is 0 Å². The predicted molar refractivity (Wildman–Crippen MR) is 77.5 cm³/mol. The van der Waals surface area contributed by atoms with Crippen molar-refractivity contribution in [3.8, 4) is 6.07 Å². The minimum absolute atomic E-state index is 0.108. The Labute approximate surface area is 118 Å². The second-order valence-electron chi connectivity index (χ2n) is 6.15. The topological polar surface area (TPSA) is 79.0 Å². The molecule has 1 aromatic carbocycles. The summed E-state index contributed by atoms with van der Waals surface area (Å²) >= 11 is 0. The minimum atomic E-state index is -0.479. The van der Waals surface area contributed by atoms with Crippen LogP contribution in [0.1, 0.15) is 45.1 Å². The number of rotatable bonds is 3. The Morgan fingerprint density at radius 3 is 2.60 bits per heavy atom. The van der Waals surface area contributed by atoms with E-state index in [0.29, 0.717) is 11.1 Å². The normalized spacial score (nSPS) is 18.2. The van der Waals surface area contributed by atoms with Crippen LogP contribution in [-0.4, -0.2) is 11.0 Å². The molecule has 2 rings (SSSR count). The third kappa shape index (κ3) is 3.08. The molecule has 1 N–H and O–H groups in total. The lowest BCUT2D eigenvalue weighted by atomic mass is 9.75. The number of hydrogen-bond acceptors (Lipinski definition) is 4. The molecule has 5 heteroatoms. The first-order valence-electron chi connectivity index (χ1n) is 6.87. The van der Waals surface area contributed by atoms with Gasteiger partial charge in [0.25, 0.3) is 0 Å².